The highest BCUT2D eigenvalue weighted by molar-refractivity contribution is 6.38. The highest BCUT2D eigenvalue weighted by Crippen LogP contribution is 2.56. The predicted octanol–water partition coefficient (Wildman–Crippen LogP) is 3.69. The number of guanidine groups is 1. The molecule has 0 saturated carbocycles. The molecule has 0 aliphatic carbocycles. The van der Waals surface area contributed by atoms with E-state index in [1.54, 1.807) is 36.4 Å². The number of nitrogens with one attached hydrogen (secondary N) is 2. The minimum absolute atomic E-state index is 0.130. The molecule has 8 rings (SSSR count). The molecule has 5 N–H and O–H groups in total. The largest absolute Gasteiger partial charge is 0.480 e. The van der Waals surface area contributed by atoms with E-state index in [0.717, 1.165) is 5.56 Å². The lowest BCUT2D eigenvalue weighted by Gasteiger charge is -2.36. The van der Waals surface area contributed by atoms with E-state index in [-0.39, 0.29) is 42.5 Å². The van der Waals surface area contributed by atoms with E-state index >= 15 is 0 Å². The summed E-state index contributed by atoms with van der Waals surface area (Å²) in [5, 5.41) is 15.4. The number of anilines is 1. The maximum Gasteiger partial charge on any atom is 0.340 e. The van der Waals surface area contributed by atoms with Crippen molar-refractivity contribution in [3.05, 3.63) is 118 Å². The van der Waals surface area contributed by atoms with Crippen LogP contribution in [0.3, 0.4) is 0 Å². The van der Waals surface area contributed by atoms with Crippen LogP contribution in [0.15, 0.2) is 105 Å². The van der Waals surface area contributed by atoms with Crippen molar-refractivity contribution < 1.29 is 43.3 Å². The zero-order valence-electron chi connectivity index (χ0n) is 29.5. The van der Waals surface area contributed by atoms with Crippen molar-refractivity contribution >= 4 is 59.1 Å². The molecule has 16 heteroatoms. The number of rotatable bonds is 10. The van der Waals surface area contributed by atoms with Crippen LogP contribution in [0, 0.1) is 6.92 Å². The van der Waals surface area contributed by atoms with Crippen LogP contribution in [0.2, 0.25) is 0 Å². The van der Waals surface area contributed by atoms with Gasteiger partial charge in [0.15, 0.2) is 17.5 Å². The first-order valence-electron chi connectivity index (χ1n) is 17.4. The van der Waals surface area contributed by atoms with Gasteiger partial charge in [-0.15, -0.1) is 0 Å². The molecule has 0 saturated heterocycles. The van der Waals surface area contributed by atoms with Crippen LogP contribution in [-0.4, -0.2) is 77.2 Å². The maximum atomic E-state index is 13.1. The lowest BCUT2D eigenvalue weighted by Crippen LogP contribution is -2.41. The summed E-state index contributed by atoms with van der Waals surface area (Å²) in [6, 6.07) is 21.4. The van der Waals surface area contributed by atoms with Crippen LogP contribution in [0.5, 0.6) is 17.2 Å². The predicted molar refractivity (Wildman–Crippen MR) is 202 cm³/mol. The second-order valence-corrected chi connectivity index (χ2v) is 13.2. The van der Waals surface area contributed by atoms with E-state index < -0.39 is 47.4 Å². The summed E-state index contributed by atoms with van der Waals surface area (Å²) >= 11 is 0. The highest BCUT2D eigenvalue weighted by atomic mass is 16.6. The Bertz CT molecular complexity index is 2490. The van der Waals surface area contributed by atoms with E-state index in [1.165, 1.54) is 24.4 Å². The number of carbonyl (C=O) groups excluding carboxylic acids is 4. The maximum absolute atomic E-state index is 13.1. The van der Waals surface area contributed by atoms with Crippen LogP contribution in [0.25, 0.3) is 0 Å². The molecular formula is C40H31N7O9. The number of hydrogen-bond acceptors (Lipinski definition) is 13. The first-order chi connectivity index (χ1) is 27.0. The normalized spacial score (nSPS) is 19.1. The molecule has 2 amide bonds. The van der Waals surface area contributed by atoms with Gasteiger partial charge in [0, 0.05) is 40.4 Å². The molecule has 4 heterocycles. The van der Waals surface area contributed by atoms with Gasteiger partial charge in [-0.05, 0) is 67.4 Å². The Balaban J connectivity index is 0.889. The summed E-state index contributed by atoms with van der Waals surface area (Å²) in [6.07, 6.45) is 0.881. The van der Waals surface area contributed by atoms with Gasteiger partial charge >= 0.3 is 17.9 Å². The molecule has 4 aromatic carbocycles. The average molecular weight is 754 g/mol. The zero-order chi connectivity index (χ0) is 39.1. The number of hydrogen-bond donors (Lipinski definition) is 4. The number of ether oxygens (including phenoxy) is 3. The third-order valence-corrected chi connectivity index (χ3v) is 9.51. The van der Waals surface area contributed by atoms with Gasteiger partial charge in [0.25, 0.3) is 11.8 Å². The Morgan fingerprint density at radius 2 is 1.70 bits per heavy atom. The van der Waals surface area contributed by atoms with Crippen molar-refractivity contribution in [3.63, 3.8) is 0 Å². The van der Waals surface area contributed by atoms with Crippen molar-refractivity contribution in [1.82, 2.24) is 5.32 Å². The zero-order valence-corrected chi connectivity index (χ0v) is 29.5. The molecule has 0 radical (unpaired) electrons. The highest BCUT2D eigenvalue weighted by Gasteiger charge is 2.53. The Kier molecular flexibility index (Phi) is 8.92. The topological polar surface area (TPSA) is 233 Å². The number of carboxylic acids is 1. The van der Waals surface area contributed by atoms with Crippen molar-refractivity contribution in [1.29, 1.82) is 0 Å². The smallest absolute Gasteiger partial charge is 0.340 e. The van der Waals surface area contributed by atoms with Gasteiger partial charge in [-0.1, -0.05) is 30.3 Å². The molecule has 56 heavy (non-hydrogen) atoms. The minimum atomic E-state index is -1.39. The molecule has 3 unspecified atom stereocenters. The Morgan fingerprint density at radius 1 is 0.946 bits per heavy atom. The second kappa shape index (κ2) is 14.1. The lowest BCUT2D eigenvalue weighted by atomic mass is 9.77. The number of aliphatic carboxylic acids is 1. The van der Waals surface area contributed by atoms with Gasteiger partial charge in [-0.3, -0.25) is 19.4 Å². The van der Waals surface area contributed by atoms with Gasteiger partial charge < -0.3 is 35.7 Å². The summed E-state index contributed by atoms with van der Waals surface area (Å²) in [5.41, 5.74) is 8.72. The van der Waals surface area contributed by atoms with Crippen molar-refractivity contribution in [2.75, 3.05) is 11.9 Å². The Morgan fingerprint density at radius 3 is 2.48 bits per heavy atom. The number of aryl methyl sites for hydroxylation is 1. The fourth-order valence-electron chi connectivity index (χ4n) is 6.83. The number of carboxylic acid groups (broad SMARTS) is 1. The van der Waals surface area contributed by atoms with Gasteiger partial charge in [-0.2, -0.15) is 9.98 Å². The molecule has 3 atom stereocenters. The van der Waals surface area contributed by atoms with Crippen LogP contribution in [-0.2, 0) is 24.7 Å². The van der Waals surface area contributed by atoms with E-state index in [9.17, 15) is 29.1 Å². The Labute approximate surface area is 317 Å². The van der Waals surface area contributed by atoms with Gasteiger partial charge in [0.05, 0.1) is 24.0 Å². The first kappa shape index (κ1) is 35.5. The Hall–Kier alpha value is -7.49. The standard InChI is InChI=1S/C40H31N7O9/c1-20-6-12-27-30(16-20)55-31-17-24(11-13-28(31)40(27)26-5-3-2-4-25(26)38(53)56-40)54-32(48)15-14-29(37(51)52)45-35(49)21-7-9-22(10-8-21)42-18-23-19-43-34-33(44-23)36(50)47-39(41)46-34/h2-13,16-17,19,29,33,42H,14-15,18H2,1H3,(H,45,49)(H,51,52)(H2,41,47,50). The number of carbonyl (C=O) groups is 5. The fraction of sp³-hybridized carbons (Fsp3) is 0.175. The molecular weight excluding hydrogens is 722 g/mol. The summed E-state index contributed by atoms with van der Waals surface area (Å²) in [7, 11) is 0. The first-order valence-corrected chi connectivity index (χ1v) is 17.4. The summed E-state index contributed by atoms with van der Waals surface area (Å²) in [4.78, 5) is 79.2. The lowest BCUT2D eigenvalue weighted by molar-refractivity contribution is -0.140. The van der Waals surface area contributed by atoms with Gasteiger partial charge in [-0.25, -0.2) is 14.6 Å². The molecule has 4 aliphatic heterocycles. The van der Waals surface area contributed by atoms with Crippen LogP contribution in [0.4, 0.5) is 5.69 Å². The molecule has 4 aliphatic rings. The fourth-order valence-corrected chi connectivity index (χ4v) is 6.83. The van der Waals surface area contributed by atoms with E-state index in [2.05, 4.69) is 30.6 Å². The van der Waals surface area contributed by atoms with E-state index in [1.807, 2.05) is 37.3 Å². The average Bonchev–Trinajstić information content (AvgIpc) is 3.47. The van der Waals surface area contributed by atoms with Crippen molar-refractivity contribution in [2.45, 2.75) is 37.5 Å². The molecule has 1 spiro atoms. The van der Waals surface area contributed by atoms with Crippen LogP contribution >= 0.6 is 0 Å². The SMILES string of the molecule is Cc1ccc2c(c1)Oc1cc(OC(=O)CCC(NC(=O)c3ccc(NCC4=NC5C(=O)N=C(N)N=C5N=C4)cc3)C(=O)O)ccc1C21OC(=O)c2ccccc21. The molecule has 16 nitrogen and oxygen atoms in total. The monoisotopic (exact) mass is 753 g/mol. The van der Waals surface area contributed by atoms with Crippen molar-refractivity contribution in [2.24, 2.45) is 25.7 Å². The molecule has 280 valence electrons. The number of fused-ring (bicyclic) bond motifs is 7. The molecule has 0 bridgehead atoms. The molecule has 0 fully saturated rings. The van der Waals surface area contributed by atoms with Gasteiger partial charge in [0.1, 0.15) is 23.3 Å². The number of amidine groups is 1. The van der Waals surface area contributed by atoms with Crippen LogP contribution < -0.4 is 25.8 Å². The molecule has 0 aromatic heterocycles. The number of nitrogens with zero attached hydrogens (tertiary/aromatic N) is 4. The second-order valence-electron chi connectivity index (χ2n) is 13.2. The van der Waals surface area contributed by atoms with Gasteiger partial charge in [0.2, 0.25) is 5.96 Å². The minimum Gasteiger partial charge on any atom is -0.480 e. The number of esters is 2. The van der Waals surface area contributed by atoms with E-state index in [0.29, 0.717) is 45.2 Å². The number of amides is 2. The number of aliphatic imine (C=N–C) groups is 4. The quantitative estimate of drug-likeness (QED) is 0.135. The molecule has 4 aromatic rings. The summed E-state index contributed by atoms with van der Waals surface area (Å²) in [6.45, 7) is 2.12. The summed E-state index contributed by atoms with van der Waals surface area (Å²) < 4.78 is 18.0. The number of nitrogens with two attached hydrogens (primary N) is 1. The third kappa shape index (κ3) is 6.52. The van der Waals surface area contributed by atoms with Crippen molar-refractivity contribution in [3.8, 4) is 17.2 Å². The third-order valence-electron chi connectivity index (χ3n) is 9.51. The summed E-state index contributed by atoms with van der Waals surface area (Å²) in [5.74, 6) is -2.82. The van der Waals surface area contributed by atoms with E-state index in [4.69, 9.17) is 19.9 Å². The number of benzene rings is 4. The van der Waals surface area contributed by atoms with Crippen LogP contribution in [0.1, 0.15) is 55.8 Å².